The highest BCUT2D eigenvalue weighted by Gasteiger charge is 2.35. The van der Waals surface area contributed by atoms with E-state index in [0.717, 1.165) is 43.0 Å². The van der Waals surface area contributed by atoms with E-state index in [-0.39, 0.29) is 23.7 Å². The molecule has 2 N–H and O–H groups in total. The lowest BCUT2D eigenvalue weighted by Crippen LogP contribution is -2.50. The summed E-state index contributed by atoms with van der Waals surface area (Å²) in [6, 6.07) is 8.52. The molecule has 1 saturated heterocycles. The standard InChI is InChI=1S/C27H45N5O/c1-21(28)23-20-30(19-22-11-7-5-4-6-8-12-22)16-15-24(23)32-26-14-10-9-13-25(26)31(27(32)33)18-17-29(2)3/h9-10,13-14,21-24H,4-8,11-12,15-20,28H2,1-3H3. The summed E-state index contributed by atoms with van der Waals surface area (Å²) in [5, 5.41) is 0. The van der Waals surface area contributed by atoms with Crippen LogP contribution in [0.15, 0.2) is 29.1 Å². The van der Waals surface area contributed by atoms with Crippen LogP contribution in [0.1, 0.15) is 64.3 Å². The summed E-state index contributed by atoms with van der Waals surface area (Å²) >= 11 is 0. The van der Waals surface area contributed by atoms with Crippen LogP contribution in [-0.4, -0.2) is 65.3 Å². The lowest BCUT2D eigenvalue weighted by Gasteiger charge is -2.42. The number of likely N-dealkylation sites (tertiary alicyclic amines) is 1. The molecule has 1 aromatic heterocycles. The summed E-state index contributed by atoms with van der Waals surface area (Å²) in [7, 11) is 4.12. The minimum atomic E-state index is 0.0610. The number of benzene rings is 1. The van der Waals surface area contributed by atoms with E-state index in [9.17, 15) is 4.79 Å². The molecule has 6 heteroatoms. The van der Waals surface area contributed by atoms with Gasteiger partial charge in [-0.05, 0) is 58.3 Å². The number of rotatable bonds is 7. The molecule has 1 aliphatic heterocycles. The number of hydrogen-bond acceptors (Lipinski definition) is 4. The van der Waals surface area contributed by atoms with Gasteiger partial charge in [-0.25, -0.2) is 4.79 Å². The number of hydrogen-bond donors (Lipinski definition) is 1. The molecule has 0 bridgehead atoms. The summed E-state index contributed by atoms with van der Waals surface area (Å²) in [6.07, 6.45) is 10.8. The van der Waals surface area contributed by atoms with Crippen LogP contribution in [0.25, 0.3) is 11.0 Å². The van der Waals surface area contributed by atoms with Gasteiger partial charge in [0.1, 0.15) is 0 Å². The van der Waals surface area contributed by atoms with Crippen molar-refractivity contribution in [2.24, 2.45) is 17.6 Å². The molecule has 0 spiro atoms. The van der Waals surface area contributed by atoms with Gasteiger partial charge >= 0.3 is 5.69 Å². The first-order chi connectivity index (χ1) is 16.0. The molecule has 1 aliphatic carbocycles. The Balaban J connectivity index is 1.56. The average molecular weight is 456 g/mol. The number of nitrogens with two attached hydrogens (primary N) is 1. The Kier molecular flexibility index (Phi) is 8.31. The zero-order valence-electron chi connectivity index (χ0n) is 21.1. The first-order valence-corrected chi connectivity index (χ1v) is 13.3. The quantitative estimate of drug-likeness (QED) is 0.687. The number of para-hydroxylation sites is 2. The smallest absolute Gasteiger partial charge is 0.328 e. The van der Waals surface area contributed by atoms with Crippen molar-refractivity contribution in [2.75, 3.05) is 40.3 Å². The molecule has 2 aliphatic rings. The highest BCUT2D eigenvalue weighted by Crippen LogP contribution is 2.33. The molecular formula is C27H45N5O. The van der Waals surface area contributed by atoms with Crippen molar-refractivity contribution in [3.63, 3.8) is 0 Å². The van der Waals surface area contributed by atoms with Gasteiger partial charge in [-0.15, -0.1) is 0 Å². The minimum absolute atomic E-state index is 0.0610. The minimum Gasteiger partial charge on any atom is -0.328 e. The third-order valence-corrected chi connectivity index (χ3v) is 8.09. The predicted molar refractivity (Wildman–Crippen MR) is 138 cm³/mol. The Morgan fingerprint density at radius 2 is 1.70 bits per heavy atom. The second-order valence-corrected chi connectivity index (χ2v) is 10.9. The van der Waals surface area contributed by atoms with Gasteiger partial charge in [-0.3, -0.25) is 9.13 Å². The second kappa shape index (κ2) is 11.2. The number of fused-ring (bicyclic) bond motifs is 1. The Morgan fingerprint density at radius 3 is 2.36 bits per heavy atom. The van der Waals surface area contributed by atoms with Crippen LogP contribution in [0.2, 0.25) is 0 Å². The van der Waals surface area contributed by atoms with E-state index in [0.29, 0.717) is 6.54 Å². The number of aromatic nitrogens is 2. The van der Waals surface area contributed by atoms with E-state index < -0.39 is 0 Å². The van der Waals surface area contributed by atoms with Gasteiger partial charge in [0.05, 0.1) is 11.0 Å². The van der Waals surface area contributed by atoms with Gasteiger partial charge < -0.3 is 15.5 Å². The fourth-order valence-electron chi connectivity index (χ4n) is 6.20. The molecule has 3 atom stereocenters. The molecule has 33 heavy (non-hydrogen) atoms. The van der Waals surface area contributed by atoms with Crippen LogP contribution in [0.4, 0.5) is 0 Å². The highest BCUT2D eigenvalue weighted by atomic mass is 16.1. The van der Waals surface area contributed by atoms with Gasteiger partial charge in [-0.1, -0.05) is 44.2 Å². The molecule has 1 aromatic carbocycles. The van der Waals surface area contributed by atoms with Crippen molar-refractivity contribution in [1.82, 2.24) is 18.9 Å². The molecule has 3 unspecified atom stereocenters. The van der Waals surface area contributed by atoms with E-state index >= 15 is 0 Å². The molecule has 2 fully saturated rings. The van der Waals surface area contributed by atoms with Crippen molar-refractivity contribution in [1.29, 1.82) is 0 Å². The Morgan fingerprint density at radius 1 is 1.03 bits per heavy atom. The summed E-state index contributed by atoms with van der Waals surface area (Å²) < 4.78 is 4.06. The Bertz CT molecular complexity index is 938. The summed E-state index contributed by atoms with van der Waals surface area (Å²) in [6.45, 7) is 6.96. The van der Waals surface area contributed by atoms with Crippen molar-refractivity contribution in [3.8, 4) is 0 Å². The van der Waals surface area contributed by atoms with E-state index in [1.54, 1.807) is 0 Å². The van der Waals surface area contributed by atoms with Gasteiger partial charge in [0, 0.05) is 50.7 Å². The van der Waals surface area contributed by atoms with Crippen molar-refractivity contribution < 1.29 is 0 Å². The lowest BCUT2D eigenvalue weighted by molar-refractivity contribution is 0.0907. The van der Waals surface area contributed by atoms with Gasteiger partial charge in [0.2, 0.25) is 0 Å². The third-order valence-electron chi connectivity index (χ3n) is 8.09. The van der Waals surface area contributed by atoms with Crippen molar-refractivity contribution in [2.45, 2.75) is 76.9 Å². The third kappa shape index (κ3) is 5.72. The Labute approximate surface area is 199 Å². The molecule has 6 nitrogen and oxygen atoms in total. The van der Waals surface area contributed by atoms with Crippen LogP contribution in [-0.2, 0) is 6.54 Å². The van der Waals surface area contributed by atoms with Crippen LogP contribution < -0.4 is 11.4 Å². The van der Waals surface area contributed by atoms with E-state index in [1.807, 2.05) is 10.6 Å². The molecule has 4 rings (SSSR count). The van der Waals surface area contributed by atoms with Crippen LogP contribution in [0, 0.1) is 11.8 Å². The van der Waals surface area contributed by atoms with Crippen LogP contribution in [0.3, 0.4) is 0 Å². The first-order valence-electron chi connectivity index (χ1n) is 13.3. The topological polar surface area (TPSA) is 59.4 Å². The maximum Gasteiger partial charge on any atom is 0.329 e. The molecular weight excluding hydrogens is 410 g/mol. The summed E-state index contributed by atoms with van der Waals surface area (Å²) in [5.41, 5.74) is 8.81. The molecule has 0 amide bonds. The molecule has 0 radical (unpaired) electrons. The van der Waals surface area contributed by atoms with E-state index in [4.69, 9.17) is 5.73 Å². The fraction of sp³-hybridized carbons (Fsp3) is 0.741. The largest absolute Gasteiger partial charge is 0.329 e. The molecule has 184 valence electrons. The van der Waals surface area contributed by atoms with Gasteiger partial charge in [0.15, 0.2) is 0 Å². The zero-order valence-corrected chi connectivity index (χ0v) is 21.1. The normalized spacial score (nSPS) is 24.8. The number of likely N-dealkylation sites (N-methyl/N-ethyl adjacent to an activating group) is 1. The van der Waals surface area contributed by atoms with Crippen LogP contribution in [0.5, 0.6) is 0 Å². The molecule has 2 aromatic rings. The number of nitrogens with zero attached hydrogens (tertiary/aromatic N) is 4. The number of imidazole rings is 1. The average Bonchev–Trinajstić information content (AvgIpc) is 3.05. The monoisotopic (exact) mass is 455 g/mol. The van der Waals surface area contributed by atoms with E-state index in [2.05, 4.69) is 53.6 Å². The lowest BCUT2D eigenvalue weighted by atomic mass is 9.85. The van der Waals surface area contributed by atoms with Crippen molar-refractivity contribution in [3.05, 3.63) is 34.7 Å². The summed E-state index contributed by atoms with van der Waals surface area (Å²) in [4.78, 5) is 18.5. The molecule has 1 saturated carbocycles. The molecule has 2 heterocycles. The SMILES string of the molecule is CC(N)C1CN(CC2CCCCCCC2)CCC1n1c(=O)n(CCN(C)C)c2ccccc21. The first kappa shape index (κ1) is 24.5. The van der Waals surface area contributed by atoms with Gasteiger partial charge in [0.25, 0.3) is 0 Å². The maximum atomic E-state index is 13.7. The summed E-state index contributed by atoms with van der Waals surface area (Å²) in [5.74, 6) is 1.12. The number of piperidine rings is 1. The predicted octanol–water partition coefficient (Wildman–Crippen LogP) is 3.94. The second-order valence-electron chi connectivity index (χ2n) is 10.9. The van der Waals surface area contributed by atoms with E-state index in [1.165, 1.54) is 51.5 Å². The van der Waals surface area contributed by atoms with Crippen LogP contribution >= 0.6 is 0 Å². The fourth-order valence-corrected chi connectivity index (χ4v) is 6.20. The maximum absolute atomic E-state index is 13.7. The van der Waals surface area contributed by atoms with Crippen molar-refractivity contribution >= 4 is 11.0 Å². The Hall–Kier alpha value is -1.63. The zero-order chi connectivity index (χ0) is 23.4. The van der Waals surface area contributed by atoms with Gasteiger partial charge in [-0.2, -0.15) is 0 Å². The highest BCUT2D eigenvalue weighted by molar-refractivity contribution is 5.76.